The second kappa shape index (κ2) is 17.3. The van der Waals surface area contributed by atoms with Crippen LogP contribution in [0.15, 0.2) is 73.1 Å². The lowest BCUT2D eigenvalue weighted by atomic mass is 9.95. The Balaban J connectivity index is 0.922. The highest BCUT2D eigenvalue weighted by Crippen LogP contribution is 2.59. The molecule has 9 rings (SSSR count). The molecule has 2 N–H and O–H groups in total. The van der Waals surface area contributed by atoms with Crippen LogP contribution >= 0.6 is 18.9 Å². The topological polar surface area (TPSA) is 150 Å². The van der Waals surface area contributed by atoms with Crippen LogP contribution in [0.2, 0.25) is 0 Å². The summed E-state index contributed by atoms with van der Waals surface area (Å²) in [5.41, 5.74) is 2.10. The number of hydrogen-bond donors (Lipinski definition) is 2. The molecular formula is C47H56FN6O7PS. The van der Waals surface area contributed by atoms with E-state index in [-0.39, 0.29) is 47.2 Å². The van der Waals surface area contributed by atoms with Crippen molar-refractivity contribution in [2.45, 2.75) is 113 Å². The van der Waals surface area contributed by atoms with E-state index >= 15 is 4.39 Å². The quantitative estimate of drug-likeness (QED) is 0.0943. The minimum absolute atomic E-state index is 0.0189. The van der Waals surface area contributed by atoms with E-state index in [1.807, 2.05) is 38.2 Å². The first-order valence-corrected chi connectivity index (χ1v) is 24.8. The number of pyridine rings is 1. The number of thiophene rings is 1. The summed E-state index contributed by atoms with van der Waals surface area (Å²) in [6.45, 7) is 4.05. The third-order valence-corrected chi connectivity index (χ3v) is 17.0. The van der Waals surface area contributed by atoms with Crippen LogP contribution in [0.1, 0.15) is 104 Å². The maximum Gasteiger partial charge on any atom is 0.355 e. The van der Waals surface area contributed by atoms with Crippen LogP contribution in [0, 0.1) is 11.8 Å². The van der Waals surface area contributed by atoms with Gasteiger partial charge in [-0.05, 0) is 129 Å². The Labute approximate surface area is 371 Å². The molecule has 1 spiro atoms. The smallest absolute Gasteiger partial charge is 0.355 e. The van der Waals surface area contributed by atoms with Gasteiger partial charge in [0.05, 0.1) is 11.5 Å². The molecule has 334 valence electrons. The van der Waals surface area contributed by atoms with Crippen LogP contribution in [-0.4, -0.2) is 95.4 Å². The van der Waals surface area contributed by atoms with Gasteiger partial charge >= 0.3 is 13.5 Å². The van der Waals surface area contributed by atoms with Gasteiger partial charge in [0.15, 0.2) is 0 Å². The molecule has 2 aromatic heterocycles. The summed E-state index contributed by atoms with van der Waals surface area (Å²) in [5.74, 6) is -2.36. The van der Waals surface area contributed by atoms with E-state index < -0.39 is 43.4 Å². The number of benzene rings is 2. The second-order valence-electron chi connectivity index (χ2n) is 18.4. The van der Waals surface area contributed by atoms with E-state index in [0.717, 1.165) is 49.8 Å². The number of likely N-dealkylation sites (tertiary alicyclic amines) is 1. The first-order chi connectivity index (χ1) is 30.3. The van der Waals surface area contributed by atoms with Crippen molar-refractivity contribution in [3.8, 4) is 5.75 Å². The lowest BCUT2D eigenvalue weighted by molar-refractivity contribution is -0.148. The fourth-order valence-corrected chi connectivity index (χ4v) is 13.2. The zero-order valence-corrected chi connectivity index (χ0v) is 37.9. The maximum atomic E-state index is 16.6. The molecule has 2 saturated carbocycles. The minimum atomic E-state index is -4.45. The van der Waals surface area contributed by atoms with Gasteiger partial charge in [0, 0.05) is 60.9 Å². The molecule has 3 saturated heterocycles. The van der Waals surface area contributed by atoms with Crippen LogP contribution in [0.4, 0.5) is 10.1 Å². The van der Waals surface area contributed by atoms with Gasteiger partial charge in [-0.25, -0.2) is 9.48 Å². The number of halogens is 1. The van der Waals surface area contributed by atoms with Crippen molar-refractivity contribution in [3.63, 3.8) is 0 Å². The monoisotopic (exact) mass is 898 g/mol. The van der Waals surface area contributed by atoms with Crippen molar-refractivity contribution in [2.24, 2.45) is 11.8 Å². The summed E-state index contributed by atoms with van der Waals surface area (Å²) in [4.78, 5) is 67.0. The molecule has 2 aromatic carbocycles. The van der Waals surface area contributed by atoms with Gasteiger partial charge < -0.3 is 29.3 Å². The zero-order valence-electron chi connectivity index (χ0n) is 36.2. The number of anilines is 1. The van der Waals surface area contributed by atoms with E-state index in [1.165, 1.54) is 30.4 Å². The Hall–Kier alpha value is -4.85. The standard InChI is InChI=1S/C47H56FN6O7PS/c1-5-19-60-46(58)28(2)51-62(59,61-35-9-7-6-8-10-35)42(48)29-11-14-40-32(20-29)24-41(63-40)43(55)50-37-23-31-21-30(31)22-34-12-13-39(54(34)44(37)56)45(57)53-27-33(25-47(53)16-17-47)36-26-49-18-15-38(36)52(3)4/h6-11,14-15,18,20,24,26,28,30-31,33-34,37,39,42H,5,12-13,16-17,19,21-23,25,27H2,1-4H3,(H,50,55)(H,51,59)/t28-,30+,31-,33-,34+,37-,39-,42+,62+/m0/s1. The Kier molecular flexibility index (Phi) is 11.9. The predicted octanol–water partition coefficient (Wildman–Crippen LogP) is 7.97. The number of hydrogen-bond acceptors (Lipinski definition) is 10. The molecule has 0 radical (unpaired) electrons. The molecule has 0 unspecified atom stereocenters. The van der Waals surface area contributed by atoms with E-state index in [1.54, 1.807) is 48.7 Å². The van der Waals surface area contributed by atoms with Crippen LogP contribution < -0.4 is 19.8 Å². The summed E-state index contributed by atoms with van der Waals surface area (Å²) in [7, 11) is -0.405. The molecule has 0 bridgehead atoms. The van der Waals surface area contributed by atoms with Crippen molar-refractivity contribution in [2.75, 3.05) is 32.1 Å². The Morgan fingerprint density at radius 2 is 1.83 bits per heavy atom. The fraction of sp³-hybridized carbons (Fsp3) is 0.511. The minimum Gasteiger partial charge on any atom is -0.465 e. The third-order valence-electron chi connectivity index (χ3n) is 13.8. The highest BCUT2D eigenvalue weighted by molar-refractivity contribution is 7.57. The van der Waals surface area contributed by atoms with Gasteiger partial charge in [-0.15, -0.1) is 11.3 Å². The fourth-order valence-electron chi connectivity index (χ4n) is 10.3. The van der Waals surface area contributed by atoms with Crippen molar-refractivity contribution in [1.29, 1.82) is 0 Å². The molecule has 63 heavy (non-hydrogen) atoms. The van der Waals surface area contributed by atoms with Gasteiger partial charge in [0.2, 0.25) is 17.7 Å². The van der Waals surface area contributed by atoms with Gasteiger partial charge in [-0.1, -0.05) is 31.2 Å². The van der Waals surface area contributed by atoms with Crippen molar-refractivity contribution in [3.05, 3.63) is 89.1 Å². The number of fused-ring (bicyclic) bond motifs is 3. The first-order valence-electron chi connectivity index (χ1n) is 22.3. The average Bonchev–Trinajstić information content (AvgIpc) is 4.03. The van der Waals surface area contributed by atoms with Crippen LogP contribution in [0.3, 0.4) is 0 Å². The zero-order chi connectivity index (χ0) is 44.2. The van der Waals surface area contributed by atoms with E-state index in [2.05, 4.69) is 25.2 Å². The van der Waals surface area contributed by atoms with Crippen LogP contribution in [0.5, 0.6) is 5.75 Å². The van der Waals surface area contributed by atoms with Crippen molar-refractivity contribution in [1.82, 2.24) is 25.2 Å². The van der Waals surface area contributed by atoms with Gasteiger partial charge in [-0.2, -0.15) is 0 Å². The lowest BCUT2D eigenvalue weighted by Crippen LogP contribution is -2.57. The van der Waals surface area contributed by atoms with E-state index in [4.69, 9.17) is 9.26 Å². The Morgan fingerprint density at radius 3 is 2.57 bits per heavy atom. The SMILES string of the molecule is CCCOC(=O)[C@H](C)N[P@](=O)(Oc1ccccc1)[C@@H](F)c1ccc2sc(C(=O)N[C@H]3C[C@@H]4C[C@@H]4C[C@H]4CC[C@@H](C(=O)N5C[C@@H](c6cnccc6N(C)C)CC56CC6)N4C3=O)cc2c1. The number of ether oxygens (including phenoxy) is 1. The number of carbonyl (C=O) groups is 4. The van der Waals surface area contributed by atoms with Gasteiger partial charge in [0.25, 0.3) is 5.91 Å². The molecule has 3 aliphatic heterocycles. The summed E-state index contributed by atoms with van der Waals surface area (Å²) in [5, 5.41) is 6.23. The molecule has 5 aliphatic rings. The molecular weight excluding hydrogens is 843 g/mol. The first kappa shape index (κ1) is 43.4. The number of rotatable bonds is 14. The number of nitrogens with zero attached hydrogens (tertiary/aromatic N) is 4. The van der Waals surface area contributed by atoms with E-state index in [9.17, 15) is 23.7 Å². The molecule has 3 amide bonds. The molecule has 5 heterocycles. The highest BCUT2D eigenvalue weighted by atomic mass is 32.1. The van der Waals surface area contributed by atoms with Crippen LogP contribution in [-0.2, 0) is 23.7 Å². The Morgan fingerprint density at radius 1 is 1.05 bits per heavy atom. The largest absolute Gasteiger partial charge is 0.465 e. The summed E-state index contributed by atoms with van der Waals surface area (Å²) < 4.78 is 42.7. The molecule has 16 heteroatoms. The third kappa shape index (κ3) is 8.60. The molecule has 9 atom stereocenters. The maximum absolute atomic E-state index is 16.6. The number of aromatic nitrogens is 1. The molecule has 5 fully saturated rings. The number of alkyl halides is 1. The average molecular weight is 899 g/mol. The Bertz CT molecular complexity index is 2450. The van der Waals surface area contributed by atoms with Crippen molar-refractivity contribution >= 4 is 58.3 Å². The second-order valence-corrected chi connectivity index (χ2v) is 21.6. The van der Waals surface area contributed by atoms with E-state index in [0.29, 0.717) is 52.6 Å². The predicted molar refractivity (Wildman–Crippen MR) is 240 cm³/mol. The number of esters is 1. The van der Waals surface area contributed by atoms with Crippen molar-refractivity contribution < 1.29 is 37.4 Å². The normalized spacial score (nSPS) is 26.5. The molecule has 4 aromatic rings. The number of amides is 3. The van der Waals surface area contributed by atoms with Crippen LogP contribution in [0.25, 0.3) is 10.1 Å². The lowest BCUT2D eigenvalue weighted by Gasteiger charge is -2.37. The van der Waals surface area contributed by atoms with Gasteiger partial charge in [-0.3, -0.25) is 28.7 Å². The number of nitrogens with one attached hydrogen (secondary N) is 2. The van der Waals surface area contributed by atoms with Gasteiger partial charge in [0.1, 0.15) is 23.9 Å². The molecule has 2 aliphatic carbocycles. The molecule has 13 nitrogen and oxygen atoms in total. The number of para-hydroxylation sites is 1. The summed E-state index contributed by atoms with van der Waals surface area (Å²) >= 11 is 1.21. The number of carbonyl (C=O) groups excluding carboxylic acids is 4. The summed E-state index contributed by atoms with van der Waals surface area (Å²) in [6, 6.07) is 14.0. The highest BCUT2D eigenvalue weighted by Gasteiger charge is 2.59. The summed E-state index contributed by atoms with van der Waals surface area (Å²) in [6.07, 6.45) is 10.9.